The number of hydrogen-bond acceptors (Lipinski definition) is 6. The van der Waals surface area contributed by atoms with Gasteiger partial charge in [0.25, 0.3) is 0 Å². The summed E-state index contributed by atoms with van der Waals surface area (Å²) >= 11 is 0. The van der Waals surface area contributed by atoms with Crippen molar-refractivity contribution in [1.29, 1.82) is 0 Å². The summed E-state index contributed by atoms with van der Waals surface area (Å²) in [4.78, 5) is 0. The molecule has 6 nitrogen and oxygen atoms in total. The fraction of sp³-hybridized carbons (Fsp3) is 0.739. The second-order valence-electron chi connectivity index (χ2n) is 9.54. The van der Waals surface area contributed by atoms with Gasteiger partial charge in [0, 0.05) is 31.1 Å². The van der Waals surface area contributed by atoms with Gasteiger partial charge in [0.05, 0.1) is 37.2 Å². The summed E-state index contributed by atoms with van der Waals surface area (Å²) in [6.07, 6.45) is 7.10. The van der Waals surface area contributed by atoms with Gasteiger partial charge in [-0.1, -0.05) is 12.1 Å². The van der Waals surface area contributed by atoms with Crippen LogP contribution in [0.2, 0.25) is 0 Å². The molecular weight excluding hydrogens is 366 g/mol. The number of fused-ring (bicyclic) bond motifs is 3. The average Bonchev–Trinajstić information content (AvgIpc) is 3.22. The molecule has 6 heteroatoms. The quantitative estimate of drug-likeness (QED) is 0.708. The van der Waals surface area contributed by atoms with E-state index in [1.807, 2.05) is 6.07 Å². The molecule has 0 spiro atoms. The molecule has 3 N–H and O–H groups in total. The molecule has 2 saturated carbocycles. The van der Waals surface area contributed by atoms with Crippen LogP contribution in [-0.2, 0) is 9.47 Å². The monoisotopic (exact) mass is 399 g/mol. The largest absolute Gasteiger partial charge is 0.486 e. The van der Waals surface area contributed by atoms with Gasteiger partial charge >= 0.3 is 0 Å². The first kappa shape index (κ1) is 18.4. The predicted octanol–water partition coefficient (Wildman–Crippen LogP) is 2.15. The smallest absolute Gasteiger partial charge is 0.142 e. The van der Waals surface area contributed by atoms with Gasteiger partial charge in [-0.25, -0.2) is 0 Å². The Labute approximate surface area is 173 Å². The van der Waals surface area contributed by atoms with Gasteiger partial charge in [-0.15, -0.1) is 0 Å². The first-order valence-corrected chi connectivity index (χ1v) is 11.6. The Morgan fingerprint density at radius 3 is 2.72 bits per heavy atom. The van der Waals surface area contributed by atoms with Crippen molar-refractivity contribution in [2.45, 2.75) is 68.6 Å². The minimum atomic E-state index is 0.233. The first-order chi connectivity index (χ1) is 14.3. The summed E-state index contributed by atoms with van der Waals surface area (Å²) in [7, 11) is 0. The van der Waals surface area contributed by atoms with Crippen molar-refractivity contribution < 1.29 is 14.2 Å². The molecule has 158 valence electrons. The number of anilines is 1. The molecule has 2 saturated heterocycles. The zero-order chi connectivity index (χ0) is 19.2. The minimum absolute atomic E-state index is 0.233. The van der Waals surface area contributed by atoms with Crippen LogP contribution in [-0.4, -0.2) is 62.7 Å². The summed E-state index contributed by atoms with van der Waals surface area (Å²) in [5.41, 5.74) is 1.11. The summed E-state index contributed by atoms with van der Waals surface area (Å²) in [5.74, 6) is 2.14. The van der Waals surface area contributed by atoms with Gasteiger partial charge in [-0.2, -0.15) is 0 Å². The molecule has 8 atom stereocenters. The van der Waals surface area contributed by atoms with Crippen LogP contribution in [0.3, 0.4) is 0 Å². The lowest BCUT2D eigenvalue weighted by Crippen LogP contribution is -2.56. The van der Waals surface area contributed by atoms with Crippen molar-refractivity contribution in [3.05, 3.63) is 24.3 Å². The van der Waals surface area contributed by atoms with E-state index in [1.54, 1.807) is 0 Å². The molecule has 4 fully saturated rings. The Hall–Kier alpha value is -1.34. The minimum Gasteiger partial charge on any atom is -0.486 e. The Morgan fingerprint density at radius 2 is 1.72 bits per heavy atom. The van der Waals surface area contributed by atoms with E-state index in [4.69, 9.17) is 14.2 Å². The van der Waals surface area contributed by atoms with E-state index in [2.05, 4.69) is 34.1 Å². The van der Waals surface area contributed by atoms with E-state index < -0.39 is 0 Å². The number of rotatable bonds is 2. The molecule has 1 aromatic rings. The summed E-state index contributed by atoms with van der Waals surface area (Å²) in [6.45, 7) is 3.72. The van der Waals surface area contributed by atoms with Gasteiger partial charge in [0.1, 0.15) is 11.9 Å². The maximum Gasteiger partial charge on any atom is 0.142 e. The van der Waals surface area contributed by atoms with Gasteiger partial charge in [-0.3, -0.25) is 0 Å². The van der Waals surface area contributed by atoms with Gasteiger partial charge in [0.2, 0.25) is 0 Å². The van der Waals surface area contributed by atoms with Crippen molar-refractivity contribution in [1.82, 2.24) is 10.6 Å². The highest BCUT2D eigenvalue weighted by Gasteiger charge is 2.46. The van der Waals surface area contributed by atoms with Crippen LogP contribution < -0.4 is 20.7 Å². The highest BCUT2D eigenvalue weighted by atomic mass is 16.5. The molecule has 6 rings (SSSR count). The molecule has 5 aliphatic rings. The Morgan fingerprint density at radius 1 is 0.793 bits per heavy atom. The van der Waals surface area contributed by atoms with Crippen LogP contribution in [0.25, 0.3) is 0 Å². The third-order valence-corrected chi connectivity index (χ3v) is 7.85. The molecule has 29 heavy (non-hydrogen) atoms. The number of morpholine rings is 2. The summed E-state index contributed by atoms with van der Waals surface area (Å²) in [6, 6.07) is 9.29. The first-order valence-electron chi connectivity index (χ1n) is 11.6. The van der Waals surface area contributed by atoms with E-state index >= 15 is 0 Å². The number of nitrogens with one attached hydrogen (secondary N) is 3. The molecule has 0 aromatic heterocycles. The van der Waals surface area contributed by atoms with E-state index in [9.17, 15) is 0 Å². The number of benzene rings is 1. The van der Waals surface area contributed by atoms with Crippen LogP contribution in [0.1, 0.15) is 32.1 Å². The van der Waals surface area contributed by atoms with E-state index in [0.29, 0.717) is 42.2 Å². The van der Waals surface area contributed by atoms with Crippen molar-refractivity contribution in [2.75, 3.05) is 31.6 Å². The SMILES string of the molecule is c1ccc2c(c1)NCC(C1CC3NCC(C4CCC5NCCOC5C4)OC3C1)O2. The average molecular weight is 400 g/mol. The van der Waals surface area contributed by atoms with E-state index in [0.717, 1.165) is 56.9 Å². The van der Waals surface area contributed by atoms with Crippen molar-refractivity contribution >= 4 is 5.69 Å². The van der Waals surface area contributed by atoms with Gasteiger partial charge in [-0.05, 0) is 50.2 Å². The van der Waals surface area contributed by atoms with Crippen LogP contribution in [0.4, 0.5) is 5.69 Å². The normalized spacial score (nSPS) is 44.0. The van der Waals surface area contributed by atoms with E-state index in [1.165, 1.54) is 12.8 Å². The topological polar surface area (TPSA) is 63.8 Å². The van der Waals surface area contributed by atoms with Crippen molar-refractivity contribution in [3.8, 4) is 5.75 Å². The maximum absolute atomic E-state index is 6.71. The predicted molar refractivity (Wildman–Crippen MR) is 111 cm³/mol. The van der Waals surface area contributed by atoms with E-state index in [-0.39, 0.29) is 6.10 Å². The third kappa shape index (κ3) is 3.54. The summed E-state index contributed by atoms with van der Waals surface area (Å²) in [5, 5.41) is 11.0. The van der Waals surface area contributed by atoms with Crippen LogP contribution in [0, 0.1) is 11.8 Å². The molecule has 8 unspecified atom stereocenters. The lowest BCUT2D eigenvalue weighted by molar-refractivity contribution is -0.110. The lowest BCUT2D eigenvalue weighted by Gasteiger charge is -2.44. The summed E-state index contributed by atoms with van der Waals surface area (Å²) < 4.78 is 19.1. The zero-order valence-electron chi connectivity index (χ0n) is 17.0. The highest BCUT2D eigenvalue weighted by molar-refractivity contribution is 5.57. The third-order valence-electron chi connectivity index (χ3n) is 7.85. The van der Waals surface area contributed by atoms with Crippen LogP contribution in [0.15, 0.2) is 24.3 Å². The second-order valence-corrected chi connectivity index (χ2v) is 9.54. The number of ether oxygens (including phenoxy) is 3. The van der Waals surface area contributed by atoms with Crippen LogP contribution in [0.5, 0.6) is 5.75 Å². The lowest BCUT2D eigenvalue weighted by atomic mass is 9.79. The molecule has 0 radical (unpaired) electrons. The number of hydrogen-bond donors (Lipinski definition) is 3. The Kier molecular flexibility index (Phi) is 4.91. The highest BCUT2D eigenvalue weighted by Crippen LogP contribution is 2.40. The Bertz CT molecular complexity index is 731. The molecule has 0 amide bonds. The zero-order valence-corrected chi connectivity index (χ0v) is 17.0. The van der Waals surface area contributed by atoms with Gasteiger partial charge < -0.3 is 30.2 Å². The van der Waals surface area contributed by atoms with Crippen molar-refractivity contribution in [2.24, 2.45) is 11.8 Å². The maximum atomic E-state index is 6.71. The molecule has 3 heterocycles. The molecule has 1 aromatic carbocycles. The molecule has 3 aliphatic heterocycles. The van der Waals surface area contributed by atoms with Crippen LogP contribution >= 0.6 is 0 Å². The number of para-hydroxylation sites is 2. The Balaban J connectivity index is 1.07. The fourth-order valence-corrected chi connectivity index (χ4v) is 6.29. The molecule has 0 bridgehead atoms. The molecule has 2 aliphatic carbocycles. The molecular formula is C23H33N3O3. The standard InChI is InChI=1S/C23H33N3O3/c1-2-4-19-16(3-1)25-13-23(28-19)15-9-18-21(11-15)29-22(12-26-18)14-5-6-17-20(10-14)27-8-7-24-17/h1-4,14-15,17-18,20-26H,5-13H2. The second kappa shape index (κ2) is 7.73. The van der Waals surface area contributed by atoms with Gasteiger partial charge in [0.15, 0.2) is 0 Å². The fourth-order valence-electron chi connectivity index (χ4n) is 6.29. The van der Waals surface area contributed by atoms with Crippen molar-refractivity contribution in [3.63, 3.8) is 0 Å².